The van der Waals surface area contributed by atoms with Gasteiger partial charge in [0.1, 0.15) is 11.3 Å². The zero-order chi connectivity index (χ0) is 13.5. The number of aromatic nitrogens is 6. The van der Waals surface area contributed by atoms with Crippen molar-refractivity contribution < 1.29 is 0 Å². The monoisotopic (exact) mass is 282 g/mol. The van der Waals surface area contributed by atoms with Crippen molar-refractivity contribution in [3.8, 4) is 21.3 Å². The summed E-state index contributed by atoms with van der Waals surface area (Å²) in [6, 6.07) is 6.01. The van der Waals surface area contributed by atoms with Gasteiger partial charge in [0, 0.05) is 12.4 Å². The number of hydrogen-bond donors (Lipinski definition) is 1. The third-order valence-electron chi connectivity index (χ3n) is 3.08. The fraction of sp³-hybridized carbons (Fsp3) is 0.0769. The molecular weight excluding hydrogens is 272 g/mol. The maximum Gasteiger partial charge on any atom is 0.167 e. The summed E-state index contributed by atoms with van der Waals surface area (Å²) in [7, 11) is 0. The van der Waals surface area contributed by atoms with Gasteiger partial charge in [0.2, 0.25) is 0 Å². The second-order valence-electron chi connectivity index (χ2n) is 4.35. The summed E-state index contributed by atoms with van der Waals surface area (Å²) < 4.78 is 1.88. The summed E-state index contributed by atoms with van der Waals surface area (Å²) in [6.07, 6.45) is 5.25. The molecule has 4 rings (SSSR count). The summed E-state index contributed by atoms with van der Waals surface area (Å²) in [5, 5.41) is 12.2. The molecule has 4 aromatic rings. The highest BCUT2D eigenvalue weighted by Crippen LogP contribution is 2.34. The van der Waals surface area contributed by atoms with Crippen LogP contribution in [0, 0.1) is 6.92 Å². The first-order chi connectivity index (χ1) is 9.83. The molecule has 0 aliphatic rings. The Balaban J connectivity index is 1.90. The van der Waals surface area contributed by atoms with E-state index in [2.05, 4.69) is 25.3 Å². The van der Waals surface area contributed by atoms with E-state index in [9.17, 15) is 0 Å². The third kappa shape index (κ3) is 1.64. The average Bonchev–Trinajstić information content (AvgIpc) is 3.16. The molecule has 0 radical (unpaired) electrons. The van der Waals surface area contributed by atoms with Crippen molar-refractivity contribution in [3.63, 3.8) is 0 Å². The van der Waals surface area contributed by atoms with Crippen LogP contribution in [0.5, 0.6) is 0 Å². The molecule has 4 heterocycles. The van der Waals surface area contributed by atoms with Crippen LogP contribution >= 0.6 is 11.3 Å². The number of nitrogens with one attached hydrogen (secondary N) is 1. The second kappa shape index (κ2) is 4.24. The lowest BCUT2D eigenvalue weighted by molar-refractivity contribution is 0.934. The van der Waals surface area contributed by atoms with Crippen molar-refractivity contribution in [1.29, 1.82) is 0 Å². The van der Waals surface area contributed by atoms with Crippen LogP contribution < -0.4 is 0 Å². The fourth-order valence-corrected chi connectivity index (χ4v) is 3.17. The quantitative estimate of drug-likeness (QED) is 0.613. The van der Waals surface area contributed by atoms with Crippen LogP contribution in [0.25, 0.3) is 26.8 Å². The van der Waals surface area contributed by atoms with Crippen molar-refractivity contribution in [2.24, 2.45) is 0 Å². The van der Waals surface area contributed by atoms with Gasteiger partial charge in [-0.15, -0.1) is 11.3 Å². The van der Waals surface area contributed by atoms with Crippen LogP contribution in [0.3, 0.4) is 0 Å². The number of pyridine rings is 1. The first-order valence-corrected chi connectivity index (χ1v) is 6.90. The summed E-state index contributed by atoms with van der Waals surface area (Å²) in [4.78, 5) is 9.62. The molecule has 0 aliphatic heterocycles. The van der Waals surface area contributed by atoms with Crippen LogP contribution in [-0.4, -0.2) is 29.8 Å². The minimum absolute atomic E-state index is 0.739. The molecule has 0 saturated carbocycles. The van der Waals surface area contributed by atoms with Crippen LogP contribution in [0.15, 0.2) is 36.9 Å². The molecule has 0 aromatic carbocycles. The van der Waals surface area contributed by atoms with Crippen molar-refractivity contribution in [1.82, 2.24) is 29.8 Å². The first-order valence-electron chi connectivity index (χ1n) is 6.09. The number of rotatable bonds is 2. The molecule has 20 heavy (non-hydrogen) atoms. The first kappa shape index (κ1) is 11.3. The predicted molar refractivity (Wildman–Crippen MR) is 76.4 cm³/mol. The molecule has 7 heteroatoms. The van der Waals surface area contributed by atoms with Crippen LogP contribution in [0.2, 0.25) is 0 Å². The van der Waals surface area contributed by atoms with E-state index >= 15 is 0 Å². The molecule has 0 bridgehead atoms. The Morgan fingerprint density at radius 1 is 1.25 bits per heavy atom. The highest BCUT2D eigenvalue weighted by atomic mass is 32.1. The number of H-pyrrole nitrogens is 1. The Morgan fingerprint density at radius 3 is 3.05 bits per heavy atom. The van der Waals surface area contributed by atoms with E-state index in [0.29, 0.717) is 0 Å². The minimum Gasteiger partial charge on any atom is -0.259 e. The normalized spacial score (nSPS) is 11.2. The van der Waals surface area contributed by atoms with Crippen LogP contribution in [0.1, 0.15) is 5.69 Å². The maximum atomic E-state index is 4.51. The topological polar surface area (TPSA) is 71.8 Å². The minimum atomic E-state index is 0.739. The van der Waals surface area contributed by atoms with Gasteiger partial charge in [0.15, 0.2) is 5.82 Å². The van der Waals surface area contributed by atoms with Gasteiger partial charge in [-0.25, -0.2) is 14.5 Å². The highest BCUT2D eigenvalue weighted by Gasteiger charge is 2.15. The SMILES string of the molecule is Cc1nn2ccccc2c1-c1ncc(-c2ncn[nH]2)s1. The summed E-state index contributed by atoms with van der Waals surface area (Å²) >= 11 is 1.58. The van der Waals surface area contributed by atoms with Crippen molar-refractivity contribution in [2.45, 2.75) is 6.92 Å². The molecule has 0 atom stereocenters. The molecule has 0 unspecified atom stereocenters. The molecule has 98 valence electrons. The van der Waals surface area contributed by atoms with Gasteiger partial charge in [0.25, 0.3) is 0 Å². The molecular formula is C13H10N6S. The number of hydrogen-bond acceptors (Lipinski definition) is 5. The molecule has 0 spiro atoms. The Labute approximate surface area is 118 Å². The lowest BCUT2D eigenvalue weighted by Gasteiger charge is -1.94. The van der Waals surface area contributed by atoms with E-state index in [4.69, 9.17) is 0 Å². The van der Waals surface area contributed by atoms with E-state index < -0.39 is 0 Å². The zero-order valence-corrected chi connectivity index (χ0v) is 11.4. The van der Waals surface area contributed by atoms with Gasteiger partial charge in [-0.1, -0.05) is 6.07 Å². The number of thiazole rings is 1. The molecule has 0 fully saturated rings. The largest absolute Gasteiger partial charge is 0.259 e. The van der Waals surface area contributed by atoms with Gasteiger partial charge in [0.05, 0.1) is 21.7 Å². The summed E-state index contributed by atoms with van der Waals surface area (Å²) in [5.41, 5.74) is 3.10. The Morgan fingerprint density at radius 2 is 2.20 bits per heavy atom. The van der Waals surface area contributed by atoms with Gasteiger partial charge in [-0.05, 0) is 19.1 Å². The summed E-state index contributed by atoms with van der Waals surface area (Å²) in [5.74, 6) is 0.739. The third-order valence-corrected chi connectivity index (χ3v) is 4.10. The van der Waals surface area contributed by atoms with Crippen LogP contribution in [-0.2, 0) is 0 Å². The molecule has 1 N–H and O–H groups in total. The average molecular weight is 282 g/mol. The number of aromatic amines is 1. The van der Waals surface area contributed by atoms with Gasteiger partial charge in [-0.3, -0.25) is 5.10 Å². The van der Waals surface area contributed by atoms with Crippen LogP contribution in [0.4, 0.5) is 0 Å². The molecule has 0 saturated heterocycles. The Kier molecular flexibility index (Phi) is 2.40. The maximum absolute atomic E-state index is 4.51. The van der Waals surface area contributed by atoms with E-state index in [0.717, 1.165) is 32.5 Å². The van der Waals surface area contributed by atoms with Gasteiger partial charge < -0.3 is 0 Å². The lowest BCUT2D eigenvalue weighted by atomic mass is 10.2. The Hall–Kier alpha value is -2.54. The number of nitrogens with zero attached hydrogens (tertiary/aromatic N) is 5. The van der Waals surface area contributed by atoms with Crippen molar-refractivity contribution >= 4 is 16.9 Å². The van der Waals surface area contributed by atoms with Gasteiger partial charge in [-0.2, -0.15) is 10.2 Å². The molecule has 4 aromatic heterocycles. The van der Waals surface area contributed by atoms with E-state index in [1.165, 1.54) is 6.33 Å². The van der Waals surface area contributed by atoms with Crippen molar-refractivity contribution in [3.05, 3.63) is 42.6 Å². The lowest BCUT2D eigenvalue weighted by Crippen LogP contribution is -1.83. The standard InChI is InChI=1S/C13H10N6S/c1-8-11(9-4-2-3-5-19(9)18-8)13-14-6-10(20-13)12-15-7-16-17-12/h2-7H,1H3,(H,15,16,17). The molecule has 6 nitrogen and oxygen atoms in total. The number of aryl methyl sites for hydroxylation is 1. The van der Waals surface area contributed by atoms with E-state index in [1.807, 2.05) is 42.0 Å². The van der Waals surface area contributed by atoms with Crippen molar-refractivity contribution in [2.75, 3.05) is 0 Å². The van der Waals surface area contributed by atoms with E-state index in [1.54, 1.807) is 11.3 Å². The number of fused-ring (bicyclic) bond motifs is 1. The van der Waals surface area contributed by atoms with Gasteiger partial charge >= 0.3 is 0 Å². The second-order valence-corrected chi connectivity index (χ2v) is 5.39. The predicted octanol–water partition coefficient (Wildman–Crippen LogP) is 2.55. The summed E-state index contributed by atoms with van der Waals surface area (Å²) in [6.45, 7) is 2.00. The molecule has 0 amide bonds. The smallest absolute Gasteiger partial charge is 0.167 e. The Bertz CT molecular complexity index is 873. The zero-order valence-electron chi connectivity index (χ0n) is 10.6. The molecule has 0 aliphatic carbocycles. The highest BCUT2D eigenvalue weighted by molar-refractivity contribution is 7.18. The van der Waals surface area contributed by atoms with E-state index in [-0.39, 0.29) is 0 Å². The fourth-order valence-electron chi connectivity index (χ4n) is 2.20.